The Hall–Kier alpha value is -1.60. The van der Waals surface area contributed by atoms with E-state index in [4.69, 9.17) is 15.7 Å². The van der Waals surface area contributed by atoms with Crippen LogP contribution in [0, 0.1) is 22.6 Å². The maximum atomic E-state index is 13.2. The summed E-state index contributed by atoms with van der Waals surface area (Å²) in [6, 6.07) is 6.42. The first kappa shape index (κ1) is 15.5. The molecule has 0 fully saturated rings. The topological polar surface area (TPSA) is 59.0 Å². The van der Waals surface area contributed by atoms with Crippen LogP contribution in [0.3, 0.4) is 0 Å². The molecule has 1 rings (SSSR count). The fraction of sp³-hybridized carbons (Fsp3) is 0.533. The van der Waals surface area contributed by atoms with Gasteiger partial charge in [0.1, 0.15) is 11.6 Å². The number of rotatable bonds is 6. The second-order valence-electron chi connectivity index (χ2n) is 5.42. The number of ether oxygens (including phenoxy) is 1. The Bertz CT molecular complexity index is 464. The van der Waals surface area contributed by atoms with Crippen molar-refractivity contribution in [1.82, 2.24) is 0 Å². The molecule has 104 valence electrons. The van der Waals surface area contributed by atoms with E-state index < -0.39 is 0 Å². The summed E-state index contributed by atoms with van der Waals surface area (Å²) in [4.78, 5) is 0. The number of nitrogens with zero attached hydrogens (tertiary/aromatic N) is 1. The van der Waals surface area contributed by atoms with Crippen molar-refractivity contribution in [1.29, 1.82) is 5.26 Å². The first-order valence-electron chi connectivity index (χ1n) is 6.45. The Morgan fingerprint density at radius 1 is 1.47 bits per heavy atom. The molecule has 0 spiro atoms. The molecule has 0 saturated carbocycles. The van der Waals surface area contributed by atoms with E-state index in [0.717, 1.165) is 18.4 Å². The minimum atomic E-state index is -0.352. The van der Waals surface area contributed by atoms with Crippen LogP contribution in [0.4, 0.5) is 4.39 Å². The summed E-state index contributed by atoms with van der Waals surface area (Å²) in [5, 5.41) is 8.91. The van der Waals surface area contributed by atoms with E-state index in [-0.39, 0.29) is 17.3 Å². The molecule has 0 radical (unpaired) electrons. The van der Waals surface area contributed by atoms with Gasteiger partial charge in [0.05, 0.1) is 18.1 Å². The summed E-state index contributed by atoms with van der Waals surface area (Å²) >= 11 is 0. The van der Waals surface area contributed by atoms with Crippen molar-refractivity contribution in [2.75, 3.05) is 6.61 Å². The Kier molecular flexibility index (Phi) is 5.31. The summed E-state index contributed by atoms with van der Waals surface area (Å²) in [7, 11) is 0. The lowest BCUT2D eigenvalue weighted by Crippen LogP contribution is -2.12. The minimum Gasteiger partial charge on any atom is -0.493 e. The molecular formula is C15H21FN2O. The smallest absolute Gasteiger partial charge is 0.126 e. The maximum Gasteiger partial charge on any atom is 0.126 e. The summed E-state index contributed by atoms with van der Waals surface area (Å²) in [5.41, 5.74) is 6.25. The van der Waals surface area contributed by atoms with Gasteiger partial charge in [0.25, 0.3) is 0 Å². The molecule has 3 nitrogen and oxygen atoms in total. The van der Waals surface area contributed by atoms with Gasteiger partial charge in [-0.3, -0.25) is 0 Å². The molecule has 0 unspecified atom stereocenters. The number of benzene rings is 1. The lowest BCUT2D eigenvalue weighted by Gasteiger charge is -2.17. The predicted octanol–water partition coefficient (Wildman–Crippen LogP) is 3.55. The highest BCUT2D eigenvalue weighted by molar-refractivity contribution is 5.36. The zero-order chi connectivity index (χ0) is 14.5. The van der Waals surface area contributed by atoms with E-state index in [9.17, 15) is 4.39 Å². The molecule has 0 amide bonds. The molecule has 0 saturated heterocycles. The molecular weight excluding hydrogens is 243 g/mol. The van der Waals surface area contributed by atoms with Gasteiger partial charge in [0.2, 0.25) is 0 Å². The van der Waals surface area contributed by atoms with Crippen molar-refractivity contribution in [3.05, 3.63) is 29.6 Å². The highest BCUT2D eigenvalue weighted by Crippen LogP contribution is 2.26. The van der Waals surface area contributed by atoms with Gasteiger partial charge in [0, 0.05) is 17.7 Å². The van der Waals surface area contributed by atoms with Crippen LogP contribution in [0.2, 0.25) is 0 Å². The molecule has 19 heavy (non-hydrogen) atoms. The molecule has 1 aromatic rings. The van der Waals surface area contributed by atoms with Gasteiger partial charge in [-0.05, 0) is 39.7 Å². The van der Waals surface area contributed by atoms with Crippen molar-refractivity contribution in [2.24, 2.45) is 11.1 Å². The van der Waals surface area contributed by atoms with E-state index in [2.05, 4.69) is 6.07 Å². The van der Waals surface area contributed by atoms with E-state index >= 15 is 0 Å². The number of nitriles is 1. The zero-order valence-electron chi connectivity index (χ0n) is 11.7. The van der Waals surface area contributed by atoms with Crippen molar-refractivity contribution in [3.63, 3.8) is 0 Å². The average molecular weight is 264 g/mol. The maximum absolute atomic E-state index is 13.2. The normalized spacial score (nSPS) is 12.8. The molecule has 0 aliphatic rings. The lowest BCUT2D eigenvalue weighted by molar-refractivity contribution is 0.280. The number of hydrogen-bond acceptors (Lipinski definition) is 3. The summed E-state index contributed by atoms with van der Waals surface area (Å²) in [6.07, 6.45) is 1.49. The second-order valence-corrected chi connectivity index (χ2v) is 5.42. The van der Waals surface area contributed by atoms with Gasteiger partial charge in [0.15, 0.2) is 0 Å². The van der Waals surface area contributed by atoms with Gasteiger partial charge >= 0.3 is 0 Å². The number of nitrogens with two attached hydrogens (primary N) is 1. The van der Waals surface area contributed by atoms with Crippen LogP contribution in [0.15, 0.2) is 18.2 Å². The molecule has 4 heteroatoms. The Morgan fingerprint density at radius 3 is 2.74 bits per heavy atom. The first-order valence-corrected chi connectivity index (χ1v) is 6.45. The van der Waals surface area contributed by atoms with Crippen LogP contribution in [0.5, 0.6) is 5.75 Å². The van der Waals surface area contributed by atoms with Crippen LogP contribution < -0.4 is 10.5 Å². The van der Waals surface area contributed by atoms with Crippen molar-refractivity contribution in [2.45, 2.75) is 39.7 Å². The summed E-state index contributed by atoms with van der Waals surface area (Å²) in [5.74, 6) is 0.154. The van der Waals surface area contributed by atoms with Crippen LogP contribution in [0.1, 0.15) is 45.2 Å². The summed E-state index contributed by atoms with van der Waals surface area (Å²) in [6.45, 7) is 6.07. The fourth-order valence-corrected chi connectivity index (χ4v) is 1.76. The number of hydrogen-bond donors (Lipinski definition) is 1. The van der Waals surface area contributed by atoms with Crippen LogP contribution >= 0.6 is 0 Å². The fourth-order valence-electron chi connectivity index (χ4n) is 1.76. The van der Waals surface area contributed by atoms with Gasteiger partial charge in [-0.2, -0.15) is 5.26 Å². The molecule has 0 aliphatic carbocycles. The zero-order valence-corrected chi connectivity index (χ0v) is 11.7. The molecule has 2 N–H and O–H groups in total. The third-order valence-corrected chi connectivity index (χ3v) is 2.97. The predicted molar refractivity (Wildman–Crippen MR) is 73.1 cm³/mol. The van der Waals surface area contributed by atoms with Gasteiger partial charge < -0.3 is 10.5 Å². The van der Waals surface area contributed by atoms with E-state index in [0.29, 0.717) is 12.4 Å². The van der Waals surface area contributed by atoms with Gasteiger partial charge in [-0.1, -0.05) is 6.07 Å². The Labute approximate surface area is 114 Å². The standard InChI is InChI=1S/C15H21FN2O/c1-11(18)13-6-5-12(16)9-14(13)19-8-4-7-15(2,3)10-17/h5-6,9,11H,4,7-8,18H2,1-3H3/t11-/m1/s1. The van der Waals surface area contributed by atoms with E-state index in [1.807, 2.05) is 20.8 Å². The Morgan fingerprint density at radius 2 is 2.16 bits per heavy atom. The monoisotopic (exact) mass is 264 g/mol. The molecule has 0 bridgehead atoms. The third kappa shape index (κ3) is 4.88. The average Bonchev–Trinajstić information content (AvgIpc) is 2.34. The second kappa shape index (κ2) is 6.53. The molecule has 0 heterocycles. The minimum absolute atomic E-state index is 0.203. The van der Waals surface area contributed by atoms with Gasteiger partial charge in [-0.15, -0.1) is 0 Å². The summed E-state index contributed by atoms with van der Waals surface area (Å²) < 4.78 is 18.8. The Balaban J connectivity index is 2.58. The largest absolute Gasteiger partial charge is 0.493 e. The SMILES string of the molecule is C[C@@H](N)c1ccc(F)cc1OCCCC(C)(C)C#N. The quantitative estimate of drug-likeness (QED) is 0.799. The van der Waals surface area contributed by atoms with Crippen LogP contribution in [-0.4, -0.2) is 6.61 Å². The van der Waals surface area contributed by atoms with E-state index in [1.54, 1.807) is 6.07 Å². The molecule has 1 atom stereocenters. The van der Waals surface area contributed by atoms with Gasteiger partial charge in [-0.25, -0.2) is 4.39 Å². The van der Waals surface area contributed by atoms with Crippen LogP contribution in [-0.2, 0) is 0 Å². The molecule has 0 aliphatic heterocycles. The van der Waals surface area contributed by atoms with Crippen LogP contribution in [0.25, 0.3) is 0 Å². The molecule has 0 aromatic heterocycles. The number of halogens is 1. The third-order valence-electron chi connectivity index (χ3n) is 2.97. The highest BCUT2D eigenvalue weighted by atomic mass is 19.1. The molecule has 1 aromatic carbocycles. The van der Waals surface area contributed by atoms with Crippen molar-refractivity contribution in [3.8, 4) is 11.8 Å². The van der Waals surface area contributed by atoms with E-state index in [1.165, 1.54) is 12.1 Å². The van der Waals surface area contributed by atoms with Crippen molar-refractivity contribution < 1.29 is 9.13 Å². The first-order chi connectivity index (χ1) is 8.85. The highest BCUT2D eigenvalue weighted by Gasteiger charge is 2.16. The lowest BCUT2D eigenvalue weighted by atomic mass is 9.90. The van der Waals surface area contributed by atoms with Crippen molar-refractivity contribution >= 4 is 0 Å².